The molecule has 0 aliphatic carbocycles. The molecule has 1 aromatic rings. The third kappa shape index (κ3) is 5.71. The molecule has 1 heterocycles. The molecule has 6 heteroatoms. The molecule has 1 unspecified atom stereocenters. The van der Waals surface area contributed by atoms with Crippen molar-refractivity contribution >= 4 is 17.7 Å². The molecule has 1 N–H and O–H groups in total. The van der Waals surface area contributed by atoms with Crippen LogP contribution >= 0.6 is 11.8 Å². The maximum Gasteiger partial charge on any atom is 0.326 e. The first-order valence-corrected chi connectivity index (χ1v) is 8.54. The number of rotatable bonds is 10. The molecule has 0 aliphatic heterocycles. The second kappa shape index (κ2) is 9.10. The van der Waals surface area contributed by atoms with Gasteiger partial charge < -0.3 is 14.6 Å². The van der Waals surface area contributed by atoms with Crippen molar-refractivity contribution in [1.29, 1.82) is 0 Å². The van der Waals surface area contributed by atoms with Crippen LogP contribution in [0.3, 0.4) is 0 Å². The number of nitrogens with zero attached hydrogens (tertiary/aromatic N) is 2. The van der Waals surface area contributed by atoms with E-state index in [1.54, 1.807) is 11.8 Å². The normalized spacial score (nSPS) is 13.9. The number of hydrogen-bond donors (Lipinski definition) is 1. The second-order valence-corrected chi connectivity index (χ2v) is 6.27. The van der Waals surface area contributed by atoms with Gasteiger partial charge in [0.2, 0.25) is 0 Å². The van der Waals surface area contributed by atoms with E-state index in [0.29, 0.717) is 6.61 Å². The Morgan fingerprint density at radius 1 is 1.48 bits per heavy atom. The first-order valence-electron chi connectivity index (χ1n) is 7.56. The number of nitrogens with one attached hydrogen (secondary N) is 1. The molecule has 0 bridgehead atoms. The number of ether oxygens (including phenoxy) is 1. The van der Waals surface area contributed by atoms with Crippen molar-refractivity contribution in [2.24, 2.45) is 7.05 Å². The zero-order valence-corrected chi connectivity index (χ0v) is 14.3. The molecule has 21 heavy (non-hydrogen) atoms. The van der Waals surface area contributed by atoms with Crippen LogP contribution in [0.4, 0.5) is 0 Å². The van der Waals surface area contributed by atoms with Crippen molar-refractivity contribution in [3.8, 4) is 0 Å². The van der Waals surface area contributed by atoms with E-state index < -0.39 is 5.54 Å². The maximum atomic E-state index is 12.0. The molecule has 0 spiro atoms. The zero-order chi connectivity index (χ0) is 15.7. The minimum Gasteiger partial charge on any atom is -0.465 e. The summed E-state index contributed by atoms with van der Waals surface area (Å²) in [5, 5.41) is 4.30. The van der Waals surface area contributed by atoms with Gasteiger partial charge in [-0.15, -0.1) is 0 Å². The molecular formula is C15H27N3O2S. The van der Waals surface area contributed by atoms with E-state index in [-0.39, 0.29) is 5.97 Å². The minimum atomic E-state index is -0.571. The van der Waals surface area contributed by atoms with Gasteiger partial charge in [-0.2, -0.15) is 0 Å². The van der Waals surface area contributed by atoms with Crippen molar-refractivity contribution < 1.29 is 9.53 Å². The molecule has 5 nitrogen and oxygen atoms in total. The van der Waals surface area contributed by atoms with Crippen molar-refractivity contribution in [1.82, 2.24) is 14.9 Å². The lowest BCUT2D eigenvalue weighted by Gasteiger charge is -2.28. The lowest BCUT2D eigenvalue weighted by molar-refractivity contribution is -0.150. The summed E-state index contributed by atoms with van der Waals surface area (Å²) in [6.07, 6.45) is 6.59. The summed E-state index contributed by atoms with van der Waals surface area (Å²) >= 11 is 1.75. The summed E-state index contributed by atoms with van der Waals surface area (Å²) in [6, 6.07) is 0. The number of carbonyl (C=O) groups is 1. The molecule has 0 saturated heterocycles. The standard InChI is InChI=1S/C15H27N3O2S/c1-5-17-15(3,13(19)20-6-2)9-7-8-12-21-14-16-10-11-18(14)4/h10-11,17H,5-9,12H2,1-4H3. The molecule has 0 amide bonds. The summed E-state index contributed by atoms with van der Waals surface area (Å²) in [6.45, 7) is 6.97. The number of aryl methyl sites for hydroxylation is 1. The van der Waals surface area contributed by atoms with Crippen LogP contribution < -0.4 is 5.32 Å². The average Bonchev–Trinajstić information content (AvgIpc) is 2.84. The highest BCUT2D eigenvalue weighted by molar-refractivity contribution is 7.99. The molecule has 1 atom stereocenters. The smallest absolute Gasteiger partial charge is 0.326 e. The fourth-order valence-electron chi connectivity index (χ4n) is 2.18. The van der Waals surface area contributed by atoms with E-state index in [1.165, 1.54) is 0 Å². The van der Waals surface area contributed by atoms with E-state index in [0.717, 1.165) is 36.7 Å². The zero-order valence-electron chi connectivity index (χ0n) is 13.5. The molecule has 120 valence electrons. The molecule has 1 rings (SSSR count). The quantitative estimate of drug-likeness (QED) is 0.409. The lowest BCUT2D eigenvalue weighted by Crippen LogP contribution is -2.50. The SMILES string of the molecule is CCNC(C)(CCCCSc1nccn1C)C(=O)OCC. The van der Waals surface area contributed by atoms with Crippen LogP contribution in [0.5, 0.6) is 0 Å². The van der Waals surface area contributed by atoms with E-state index in [2.05, 4.69) is 10.3 Å². The van der Waals surface area contributed by atoms with Crippen LogP contribution in [0.25, 0.3) is 0 Å². The number of likely N-dealkylation sites (N-methyl/N-ethyl adjacent to an activating group) is 1. The molecule has 1 aromatic heterocycles. The van der Waals surface area contributed by atoms with Crippen molar-refractivity contribution in [2.45, 2.75) is 50.7 Å². The molecule has 0 fully saturated rings. The lowest BCUT2D eigenvalue weighted by atomic mass is 9.95. The van der Waals surface area contributed by atoms with Crippen molar-refractivity contribution in [3.63, 3.8) is 0 Å². The average molecular weight is 313 g/mol. The highest BCUT2D eigenvalue weighted by Crippen LogP contribution is 2.20. The Hall–Kier alpha value is -1.01. The Balaban J connectivity index is 2.33. The van der Waals surface area contributed by atoms with Crippen molar-refractivity contribution in [3.05, 3.63) is 12.4 Å². The van der Waals surface area contributed by atoms with Crippen LogP contribution in [0, 0.1) is 0 Å². The fraction of sp³-hybridized carbons (Fsp3) is 0.733. The monoisotopic (exact) mass is 313 g/mol. The Labute approximate surface area is 131 Å². The van der Waals surface area contributed by atoms with Gasteiger partial charge in [0.25, 0.3) is 0 Å². The number of carbonyl (C=O) groups excluding carboxylic acids is 1. The van der Waals surface area contributed by atoms with E-state index >= 15 is 0 Å². The van der Waals surface area contributed by atoms with Crippen LogP contribution in [0.2, 0.25) is 0 Å². The summed E-state index contributed by atoms with van der Waals surface area (Å²) in [5.41, 5.74) is -0.571. The number of aromatic nitrogens is 2. The van der Waals surface area contributed by atoms with Crippen LogP contribution in [0.15, 0.2) is 17.6 Å². The van der Waals surface area contributed by atoms with Crippen LogP contribution in [-0.2, 0) is 16.6 Å². The van der Waals surface area contributed by atoms with Gasteiger partial charge in [-0.05, 0) is 33.2 Å². The Morgan fingerprint density at radius 3 is 2.81 bits per heavy atom. The first-order chi connectivity index (χ1) is 10.0. The predicted octanol–water partition coefficient (Wildman–Crippen LogP) is 2.61. The van der Waals surface area contributed by atoms with Gasteiger partial charge in [0, 0.05) is 25.2 Å². The van der Waals surface area contributed by atoms with Gasteiger partial charge in [0.15, 0.2) is 5.16 Å². The molecule has 0 saturated carbocycles. The van der Waals surface area contributed by atoms with Gasteiger partial charge in [0.1, 0.15) is 5.54 Å². The van der Waals surface area contributed by atoms with Gasteiger partial charge in [0.05, 0.1) is 6.61 Å². The molecule has 0 radical (unpaired) electrons. The summed E-state index contributed by atoms with van der Waals surface area (Å²) in [7, 11) is 2.00. The van der Waals surface area contributed by atoms with E-state index in [1.807, 2.05) is 44.8 Å². The molecule has 0 aromatic carbocycles. The van der Waals surface area contributed by atoms with Crippen LogP contribution in [-0.4, -0.2) is 40.0 Å². The minimum absolute atomic E-state index is 0.149. The molecular weight excluding hydrogens is 286 g/mol. The maximum absolute atomic E-state index is 12.0. The third-order valence-corrected chi connectivity index (χ3v) is 4.52. The second-order valence-electron chi connectivity index (χ2n) is 5.21. The largest absolute Gasteiger partial charge is 0.465 e. The number of hydrogen-bond acceptors (Lipinski definition) is 5. The number of esters is 1. The summed E-state index contributed by atoms with van der Waals surface area (Å²) in [5.74, 6) is 0.860. The molecule has 0 aliphatic rings. The predicted molar refractivity (Wildman–Crippen MR) is 86.5 cm³/mol. The Morgan fingerprint density at radius 2 is 2.24 bits per heavy atom. The van der Waals surface area contributed by atoms with Crippen LogP contribution in [0.1, 0.15) is 40.0 Å². The van der Waals surface area contributed by atoms with Gasteiger partial charge >= 0.3 is 5.97 Å². The third-order valence-electron chi connectivity index (χ3n) is 3.37. The van der Waals surface area contributed by atoms with Crippen molar-refractivity contribution in [2.75, 3.05) is 18.9 Å². The van der Waals surface area contributed by atoms with Gasteiger partial charge in [-0.25, -0.2) is 4.98 Å². The van der Waals surface area contributed by atoms with E-state index in [4.69, 9.17) is 4.74 Å². The summed E-state index contributed by atoms with van der Waals surface area (Å²) in [4.78, 5) is 16.3. The number of thioether (sulfide) groups is 1. The topological polar surface area (TPSA) is 56.2 Å². The Bertz CT molecular complexity index is 436. The number of unbranched alkanes of at least 4 members (excludes halogenated alkanes) is 1. The highest BCUT2D eigenvalue weighted by Gasteiger charge is 2.32. The van der Waals surface area contributed by atoms with Gasteiger partial charge in [-0.1, -0.05) is 25.1 Å². The fourth-order valence-corrected chi connectivity index (χ4v) is 3.11. The van der Waals surface area contributed by atoms with E-state index in [9.17, 15) is 4.79 Å². The highest BCUT2D eigenvalue weighted by atomic mass is 32.2. The Kier molecular flexibility index (Phi) is 7.82. The number of imidazole rings is 1. The van der Waals surface area contributed by atoms with Gasteiger partial charge in [-0.3, -0.25) is 4.79 Å². The summed E-state index contributed by atoms with van der Waals surface area (Å²) < 4.78 is 7.19. The first kappa shape index (κ1) is 18.0.